The van der Waals surface area contributed by atoms with Crippen LogP contribution in [-0.4, -0.2) is 37.4 Å². The van der Waals surface area contributed by atoms with Crippen LogP contribution >= 0.6 is 0 Å². The third kappa shape index (κ3) is 2.82. The van der Waals surface area contributed by atoms with Crippen LogP contribution in [0.3, 0.4) is 0 Å². The standard InChI is InChI=1S/C19H19F2N7/c1-28-16-6-10(2-5-15(16)26-27-28)12-7-14(22)17-13(12)8-23-18(25-17)24-9-19(20,21)11-3-4-11/h2,5-8,11,14H,3-4,9,22H2,1H3,(H,23,24,25)/t14-/m0/s1. The minimum absolute atomic E-state index is 0.176. The molecule has 2 aliphatic carbocycles. The van der Waals surface area contributed by atoms with Crippen molar-refractivity contribution in [2.45, 2.75) is 24.8 Å². The summed E-state index contributed by atoms with van der Waals surface area (Å²) in [4.78, 5) is 8.63. The number of benzene rings is 1. The first-order chi connectivity index (χ1) is 13.4. The van der Waals surface area contributed by atoms with Crippen molar-refractivity contribution >= 4 is 22.6 Å². The molecule has 0 spiro atoms. The maximum absolute atomic E-state index is 13.9. The maximum Gasteiger partial charge on any atom is 0.267 e. The molecule has 1 fully saturated rings. The van der Waals surface area contributed by atoms with Crippen molar-refractivity contribution in [2.24, 2.45) is 18.7 Å². The van der Waals surface area contributed by atoms with E-state index < -0.39 is 24.4 Å². The second kappa shape index (κ2) is 6.03. The lowest BCUT2D eigenvalue weighted by atomic mass is 10.0. The summed E-state index contributed by atoms with van der Waals surface area (Å²) in [7, 11) is 1.83. The van der Waals surface area contributed by atoms with Gasteiger partial charge < -0.3 is 11.1 Å². The predicted molar refractivity (Wildman–Crippen MR) is 101 cm³/mol. The Kier molecular flexibility index (Phi) is 3.70. The van der Waals surface area contributed by atoms with E-state index in [1.54, 1.807) is 10.9 Å². The van der Waals surface area contributed by atoms with E-state index in [9.17, 15) is 8.78 Å². The van der Waals surface area contributed by atoms with Gasteiger partial charge in [-0.25, -0.2) is 23.4 Å². The fraction of sp³-hybridized carbons (Fsp3) is 0.368. The van der Waals surface area contributed by atoms with Gasteiger partial charge in [0.25, 0.3) is 5.92 Å². The number of hydrogen-bond donors (Lipinski definition) is 2. The van der Waals surface area contributed by atoms with Gasteiger partial charge in [0.05, 0.1) is 23.8 Å². The molecule has 0 bridgehead atoms. The number of hydrogen-bond acceptors (Lipinski definition) is 6. The Labute approximate surface area is 159 Å². The minimum Gasteiger partial charge on any atom is -0.348 e. The Balaban J connectivity index is 1.43. The van der Waals surface area contributed by atoms with Gasteiger partial charge in [-0.05, 0) is 36.1 Å². The van der Waals surface area contributed by atoms with Crippen LogP contribution in [0.15, 0.2) is 30.5 Å². The average Bonchev–Trinajstić information content (AvgIpc) is 3.43. The summed E-state index contributed by atoms with van der Waals surface area (Å²) in [6.45, 7) is -0.462. The van der Waals surface area contributed by atoms with E-state index in [1.165, 1.54) is 0 Å². The van der Waals surface area contributed by atoms with Gasteiger partial charge in [-0.1, -0.05) is 17.4 Å². The number of anilines is 1. The second-order valence-corrected chi connectivity index (χ2v) is 7.40. The number of rotatable bonds is 5. The van der Waals surface area contributed by atoms with Crippen LogP contribution in [0.2, 0.25) is 0 Å². The smallest absolute Gasteiger partial charge is 0.267 e. The zero-order chi connectivity index (χ0) is 19.5. The van der Waals surface area contributed by atoms with Crippen LogP contribution in [0.5, 0.6) is 0 Å². The molecule has 0 radical (unpaired) electrons. The topological polar surface area (TPSA) is 94.5 Å². The molecule has 0 amide bonds. The van der Waals surface area contributed by atoms with Crippen LogP contribution in [-0.2, 0) is 7.05 Å². The van der Waals surface area contributed by atoms with Crippen LogP contribution in [0.4, 0.5) is 14.7 Å². The molecular weight excluding hydrogens is 364 g/mol. The summed E-state index contributed by atoms with van der Waals surface area (Å²) >= 11 is 0. The Morgan fingerprint density at radius 1 is 1.32 bits per heavy atom. The van der Waals surface area contributed by atoms with Gasteiger partial charge in [0.1, 0.15) is 5.52 Å². The fourth-order valence-electron chi connectivity index (χ4n) is 3.59. The summed E-state index contributed by atoms with van der Waals surface area (Å²) in [6, 6.07) is 5.43. The molecule has 1 aromatic carbocycles. The highest BCUT2D eigenvalue weighted by Gasteiger charge is 2.46. The van der Waals surface area contributed by atoms with E-state index in [0.717, 1.165) is 27.7 Å². The van der Waals surface area contributed by atoms with Crippen molar-refractivity contribution < 1.29 is 8.78 Å². The molecule has 5 rings (SSSR count). The number of halogens is 2. The summed E-state index contributed by atoms with van der Waals surface area (Å²) in [5, 5.41) is 10.8. The molecule has 3 N–H and O–H groups in total. The quantitative estimate of drug-likeness (QED) is 0.703. The number of alkyl halides is 2. The molecule has 2 aliphatic rings. The number of nitrogens with one attached hydrogen (secondary N) is 1. The number of nitrogens with two attached hydrogens (primary N) is 1. The molecule has 144 valence electrons. The molecule has 2 heterocycles. The van der Waals surface area contributed by atoms with Crippen molar-refractivity contribution in [3.63, 3.8) is 0 Å². The molecule has 1 atom stereocenters. The predicted octanol–water partition coefficient (Wildman–Crippen LogP) is 2.66. The first-order valence-corrected chi connectivity index (χ1v) is 9.18. The largest absolute Gasteiger partial charge is 0.348 e. The lowest BCUT2D eigenvalue weighted by Crippen LogP contribution is -2.30. The molecule has 2 aromatic heterocycles. The number of fused-ring (bicyclic) bond motifs is 2. The van der Waals surface area contributed by atoms with E-state index in [1.807, 2.05) is 31.3 Å². The van der Waals surface area contributed by atoms with Crippen LogP contribution in [0.25, 0.3) is 16.6 Å². The SMILES string of the molecule is Cn1nnc2ccc(C3=C[C@H](N)c4nc(NCC(F)(F)C5CC5)ncc43)cc21. The Morgan fingerprint density at radius 2 is 2.14 bits per heavy atom. The average molecular weight is 383 g/mol. The van der Waals surface area contributed by atoms with Crippen molar-refractivity contribution in [2.75, 3.05) is 11.9 Å². The summed E-state index contributed by atoms with van der Waals surface area (Å²) in [5.74, 6) is -3.09. The molecular formula is C19H19F2N7. The van der Waals surface area contributed by atoms with E-state index in [4.69, 9.17) is 5.73 Å². The normalized spacial score (nSPS) is 19.0. The van der Waals surface area contributed by atoms with Gasteiger partial charge in [0, 0.05) is 24.7 Å². The molecule has 7 nitrogen and oxygen atoms in total. The first-order valence-electron chi connectivity index (χ1n) is 9.18. The Bertz CT molecular complexity index is 1100. The zero-order valence-corrected chi connectivity index (χ0v) is 15.2. The molecule has 0 aliphatic heterocycles. The lowest BCUT2D eigenvalue weighted by Gasteiger charge is -2.16. The van der Waals surface area contributed by atoms with Crippen LogP contribution in [0, 0.1) is 5.92 Å². The van der Waals surface area contributed by atoms with E-state index in [-0.39, 0.29) is 5.95 Å². The van der Waals surface area contributed by atoms with Gasteiger partial charge in [-0.3, -0.25) is 0 Å². The molecule has 1 saturated carbocycles. The first kappa shape index (κ1) is 17.2. The molecule has 0 saturated heterocycles. The second-order valence-electron chi connectivity index (χ2n) is 7.40. The van der Waals surface area contributed by atoms with Gasteiger partial charge in [0.15, 0.2) is 0 Å². The van der Waals surface area contributed by atoms with Gasteiger partial charge in [-0.15, -0.1) is 5.10 Å². The van der Waals surface area contributed by atoms with Gasteiger partial charge in [-0.2, -0.15) is 0 Å². The van der Waals surface area contributed by atoms with Gasteiger partial charge >= 0.3 is 0 Å². The van der Waals surface area contributed by atoms with Crippen LogP contribution < -0.4 is 11.1 Å². The Morgan fingerprint density at radius 3 is 2.93 bits per heavy atom. The van der Waals surface area contributed by atoms with Crippen LogP contribution in [0.1, 0.15) is 35.7 Å². The highest BCUT2D eigenvalue weighted by atomic mass is 19.3. The fourth-order valence-corrected chi connectivity index (χ4v) is 3.59. The van der Waals surface area contributed by atoms with Crippen molar-refractivity contribution in [1.82, 2.24) is 25.0 Å². The molecule has 0 unspecified atom stereocenters. The third-order valence-electron chi connectivity index (χ3n) is 5.35. The van der Waals surface area contributed by atoms with E-state index in [2.05, 4.69) is 25.6 Å². The lowest BCUT2D eigenvalue weighted by molar-refractivity contribution is -0.00832. The van der Waals surface area contributed by atoms with Crippen molar-refractivity contribution in [1.29, 1.82) is 0 Å². The minimum atomic E-state index is -2.74. The number of nitrogens with zero attached hydrogens (tertiary/aromatic N) is 5. The molecule has 28 heavy (non-hydrogen) atoms. The Hall–Kier alpha value is -2.94. The monoisotopic (exact) mass is 383 g/mol. The number of aryl methyl sites for hydroxylation is 1. The highest BCUT2D eigenvalue weighted by molar-refractivity contribution is 5.89. The molecule has 9 heteroatoms. The van der Waals surface area contributed by atoms with E-state index in [0.29, 0.717) is 18.5 Å². The zero-order valence-electron chi connectivity index (χ0n) is 15.2. The van der Waals surface area contributed by atoms with Gasteiger partial charge in [0.2, 0.25) is 5.95 Å². The maximum atomic E-state index is 13.9. The van der Waals surface area contributed by atoms with Crippen molar-refractivity contribution in [3.8, 4) is 0 Å². The van der Waals surface area contributed by atoms with Crippen molar-refractivity contribution in [3.05, 3.63) is 47.3 Å². The third-order valence-corrected chi connectivity index (χ3v) is 5.35. The summed E-state index contributed by atoms with van der Waals surface area (Å²) in [5.41, 5.74) is 11.3. The van der Waals surface area contributed by atoms with E-state index >= 15 is 0 Å². The summed E-state index contributed by atoms with van der Waals surface area (Å²) in [6.07, 6.45) is 4.71. The number of aromatic nitrogens is 5. The summed E-state index contributed by atoms with van der Waals surface area (Å²) < 4.78 is 29.5. The molecule has 3 aromatic rings. The highest BCUT2D eigenvalue weighted by Crippen LogP contribution is 2.43.